The fourth-order valence-corrected chi connectivity index (χ4v) is 5.63. The minimum absolute atomic E-state index is 0.0710. The van der Waals surface area contributed by atoms with Crippen LogP contribution in [0, 0.1) is 5.41 Å². The number of amides is 2. The molecule has 2 unspecified atom stereocenters. The zero-order chi connectivity index (χ0) is 23.4. The molecule has 7 nitrogen and oxygen atoms in total. The van der Waals surface area contributed by atoms with Crippen molar-refractivity contribution in [2.24, 2.45) is 5.41 Å². The van der Waals surface area contributed by atoms with Crippen molar-refractivity contribution in [3.05, 3.63) is 63.9 Å². The van der Waals surface area contributed by atoms with E-state index in [1.54, 1.807) is 24.3 Å². The van der Waals surface area contributed by atoms with Crippen molar-refractivity contribution in [3.63, 3.8) is 0 Å². The molecule has 0 radical (unpaired) electrons. The molecule has 2 N–H and O–H groups in total. The van der Waals surface area contributed by atoms with E-state index in [0.717, 1.165) is 12.1 Å². The predicted octanol–water partition coefficient (Wildman–Crippen LogP) is 4.32. The van der Waals surface area contributed by atoms with Crippen LogP contribution in [0.3, 0.4) is 0 Å². The highest BCUT2D eigenvalue weighted by molar-refractivity contribution is 6.42. The first-order chi connectivity index (χ1) is 15.7. The molecule has 170 valence electrons. The van der Waals surface area contributed by atoms with Gasteiger partial charge in [-0.25, -0.2) is 9.97 Å². The first-order valence-electron chi connectivity index (χ1n) is 10.7. The highest BCUT2D eigenvalue weighted by atomic mass is 35.5. The average molecular weight is 485 g/mol. The van der Waals surface area contributed by atoms with Gasteiger partial charge in [0.15, 0.2) is 6.61 Å². The second-order valence-corrected chi connectivity index (χ2v) is 9.85. The molecule has 1 saturated carbocycles. The Morgan fingerprint density at radius 1 is 1.06 bits per heavy atom. The van der Waals surface area contributed by atoms with Gasteiger partial charge in [-0.15, -0.1) is 0 Å². The monoisotopic (exact) mass is 484 g/mol. The number of ether oxygens (including phenoxy) is 1. The Labute approximate surface area is 200 Å². The lowest BCUT2D eigenvalue weighted by Crippen LogP contribution is -2.55. The van der Waals surface area contributed by atoms with Crippen molar-refractivity contribution < 1.29 is 14.3 Å². The minimum atomic E-state index is -0.923. The Hall–Kier alpha value is -2.90. The number of benzene rings is 2. The molecule has 2 aliphatic rings. The number of hydrogen-bond donors (Lipinski definition) is 2. The highest BCUT2D eigenvalue weighted by Crippen LogP contribution is 2.67. The van der Waals surface area contributed by atoms with E-state index in [9.17, 15) is 9.59 Å². The van der Waals surface area contributed by atoms with Crippen LogP contribution in [0.25, 0.3) is 11.0 Å². The van der Waals surface area contributed by atoms with Crippen LogP contribution < -0.4 is 15.6 Å². The highest BCUT2D eigenvalue weighted by Gasteiger charge is 2.68. The molecule has 2 atom stereocenters. The maximum atomic E-state index is 13.6. The number of rotatable bonds is 4. The first-order valence-corrected chi connectivity index (χ1v) is 11.4. The fraction of sp³-hybridized carbons (Fsp3) is 0.333. The van der Waals surface area contributed by atoms with Gasteiger partial charge in [0.25, 0.3) is 11.8 Å². The van der Waals surface area contributed by atoms with E-state index in [2.05, 4.69) is 24.7 Å². The van der Waals surface area contributed by atoms with E-state index in [0.29, 0.717) is 38.9 Å². The third-order valence-electron chi connectivity index (χ3n) is 7.06. The molecule has 2 aromatic carbocycles. The Balaban J connectivity index is 1.40. The lowest BCUT2D eigenvalue weighted by molar-refractivity contribution is -0.135. The normalized spacial score (nSPS) is 22.1. The van der Waals surface area contributed by atoms with Crippen molar-refractivity contribution in [2.45, 2.75) is 38.0 Å². The summed E-state index contributed by atoms with van der Waals surface area (Å²) in [5.74, 6) is -0.125. The van der Waals surface area contributed by atoms with Crippen LogP contribution in [-0.2, 0) is 15.0 Å². The largest absolute Gasteiger partial charge is 0.484 e. The maximum Gasteiger partial charge on any atom is 0.276 e. The van der Waals surface area contributed by atoms with Gasteiger partial charge in [0.05, 0.1) is 32.5 Å². The fourth-order valence-electron chi connectivity index (χ4n) is 5.31. The molecule has 2 aliphatic carbocycles. The number of hydrazine groups is 1. The summed E-state index contributed by atoms with van der Waals surface area (Å²) in [6.45, 7) is 3.89. The first kappa shape index (κ1) is 21.9. The molecule has 1 fully saturated rings. The second-order valence-electron chi connectivity index (χ2n) is 9.03. The van der Waals surface area contributed by atoms with Gasteiger partial charge in [-0.1, -0.05) is 55.2 Å². The predicted molar refractivity (Wildman–Crippen MR) is 125 cm³/mol. The van der Waals surface area contributed by atoms with Crippen LogP contribution >= 0.6 is 23.2 Å². The molecular formula is C24H22Cl2N4O3. The van der Waals surface area contributed by atoms with Gasteiger partial charge < -0.3 is 4.74 Å². The van der Waals surface area contributed by atoms with Gasteiger partial charge in [0.2, 0.25) is 0 Å². The standard InChI is InChI=1S/C24H22Cl2N4O3/c1-23(2)14-8-9-24(23,21-20(14)27-17-10-15(25)16(26)11-18(17)28-21)22(32)30-29-19(31)12-33-13-6-4-3-5-7-13/h3-7,10-11,14H,8-9,12H2,1-2H3,(H,29,31)(H,30,32). The zero-order valence-electron chi connectivity index (χ0n) is 18.1. The molecule has 33 heavy (non-hydrogen) atoms. The smallest absolute Gasteiger partial charge is 0.276 e. The summed E-state index contributed by atoms with van der Waals surface area (Å²) in [5, 5.41) is 0.790. The number of carbonyl (C=O) groups excluding carboxylic acids is 2. The molecule has 0 saturated heterocycles. The molecular weight excluding hydrogens is 463 g/mol. The number of fused-ring (bicyclic) bond motifs is 6. The Morgan fingerprint density at radius 3 is 2.42 bits per heavy atom. The number of halogens is 2. The van der Waals surface area contributed by atoms with Gasteiger partial charge in [0.1, 0.15) is 11.2 Å². The zero-order valence-corrected chi connectivity index (χ0v) is 19.6. The number of nitrogens with one attached hydrogen (secondary N) is 2. The van der Waals surface area contributed by atoms with Crippen molar-refractivity contribution in [1.82, 2.24) is 20.8 Å². The van der Waals surface area contributed by atoms with Crippen molar-refractivity contribution in [3.8, 4) is 5.75 Å². The maximum absolute atomic E-state index is 13.6. The van der Waals surface area contributed by atoms with Gasteiger partial charge in [-0.2, -0.15) is 0 Å². The Kier molecular flexibility index (Phi) is 5.21. The van der Waals surface area contributed by atoms with E-state index < -0.39 is 16.7 Å². The number of hydrogen-bond acceptors (Lipinski definition) is 5. The summed E-state index contributed by atoms with van der Waals surface area (Å²) in [4.78, 5) is 35.5. The molecule has 3 aromatic rings. The third kappa shape index (κ3) is 3.33. The van der Waals surface area contributed by atoms with Crippen LogP contribution in [0.2, 0.25) is 10.0 Å². The number of carbonyl (C=O) groups is 2. The van der Waals surface area contributed by atoms with Crippen LogP contribution in [0.1, 0.15) is 44.0 Å². The summed E-state index contributed by atoms with van der Waals surface area (Å²) < 4.78 is 5.44. The molecule has 0 spiro atoms. The molecule has 1 aromatic heterocycles. The van der Waals surface area contributed by atoms with Crippen LogP contribution in [0.4, 0.5) is 0 Å². The summed E-state index contributed by atoms with van der Waals surface area (Å²) in [5.41, 5.74) is 6.41. The van der Waals surface area contributed by atoms with Crippen LogP contribution in [-0.4, -0.2) is 28.4 Å². The topological polar surface area (TPSA) is 93.2 Å². The van der Waals surface area contributed by atoms with Crippen LogP contribution in [0.15, 0.2) is 42.5 Å². The van der Waals surface area contributed by atoms with Gasteiger partial charge in [-0.05, 0) is 42.5 Å². The minimum Gasteiger partial charge on any atom is -0.484 e. The van der Waals surface area contributed by atoms with Crippen LogP contribution in [0.5, 0.6) is 5.75 Å². The van der Waals surface area contributed by atoms with E-state index in [-0.39, 0.29) is 18.4 Å². The summed E-state index contributed by atoms with van der Waals surface area (Å²) in [7, 11) is 0. The quantitative estimate of drug-likeness (QED) is 0.537. The molecule has 9 heteroatoms. The van der Waals surface area contributed by atoms with Crippen molar-refractivity contribution >= 4 is 46.0 Å². The third-order valence-corrected chi connectivity index (χ3v) is 7.79. The lowest BCUT2D eigenvalue weighted by atomic mass is 9.68. The summed E-state index contributed by atoms with van der Waals surface area (Å²) in [6.07, 6.45) is 1.42. The van der Waals surface area contributed by atoms with Crippen molar-refractivity contribution in [1.29, 1.82) is 0 Å². The van der Waals surface area contributed by atoms with E-state index in [1.807, 2.05) is 18.2 Å². The number of aromatic nitrogens is 2. The molecule has 1 heterocycles. The van der Waals surface area contributed by atoms with E-state index in [4.69, 9.17) is 37.9 Å². The van der Waals surface area contributed by atoms with E-state index in [1.165, 1.54) is 0 Å². The number of para-hydroxylation sites is 1. The van der Waals surface area contributed by atoms with Crippen molar-refractivity contribution in [2.75, 3.05) is 6.61 Å². The number of nitrogens with zero attached hydrogens (tertiary/aromatic N) is 2. The molecule has 2 amide bonds. The van der Waals surface area contributed by atoms with E-state index >= 15 is 0 Å². The van der Waals surface area contributed by atoms with Gasteiger partial charge >= 0.3 is 0 Å². The summed E-state index contributed by atoms with van der Waals surface area (Å²) >= 11 is 12.4. The second kappa shape index (κ2) is 7.85. The molecule has 2 bridgehead atoms. The summed E-state index contributed by atoms with van der Waals surface area (Å²) in [6, 6.07) is 12.4. The molecule has 0 aliphatic heterocycles. The Morgan fingerprint density at radius 2 is 1.73 bits per heavy atom. The van der Waals surface area contributed by atoms with Gasteiger partial charge in [0, 0.05) is 5.92 Å². The SMILES string of the molecule is CC1(C)C2CCC1(C(=O)NNC(=O)COc1ccccc1)c1nc3cc(Cl)c(Cl)cc3nc12. The average Bonchev–Trinajstić information content (AvgIpc) is 3.17. The molecule has 5 rings (SSSR count). The van der Waals surface area contributed by atoms with Gasteiger partial charge in [-0.3, -0.25) is 20.4 Å². The Bertz CT molecular complexity index is 1280. The lowest BCUT2D eigenvalue weighted by Gasteiger charge is -2.36.